The van der Waals surface area contributed by atoms with E-state index in [0.29, 0.717) is 49.4 Å². The number of halogens is 1. The van der Waals surface area contributed by atoms with Crippen molar-refractivity contribution in [1.29, 1.82) is 5.26 Å². The van der Waals surface area contributed by atoms with Gasteiger partial charge in [0.1, 0.15) is 5.82 Å². The topological polar surface area (TPSA) is 102 Å². The molecule has 0 bridgehead atoms. The zero-order chi connectivity index (χ0) is 31.2. The zero-order valence-electron chi connectivity index (χ0n) is 25.8. The summed E-state index contributed by atoms with van der Waals surface area (Å²) in [6.07, 6.45) is 3.86. The quantitative estimate of drug-likeness (QED) is 0.180. The highest BCUT2D eigenvalue weighted by Crippen LogP contribution is 2.35. The van der Waals surface area contributed by atoms with Gasteiger partial charge in [0.15, 0.2) is 0 Å². The fraction of sp³-hybridized carbons (Fsp3) is 0.389. The molecule has 2 aliphatic rings. The summed E-state index contributed by atoms with van der Waals surface area (Å²) in [5.74, 6) is -0.648. The summed E-state index contributed by atoms with van der Waals surface area (Å²) < 4.78 is 26.1. The molecule has 8 nitrogen and oxygen atoms in total. The Morgan fingerprint density at radius 1 is 1.07 bits per heavy atom. The second kappa shape index (κ2) is 14.2. The van der Waals surface area contributed by atoms with Gasteiger partial charge in [-0.3, -0.25) is 4.79 Å². The van der Waals surface area contributed by atoms with Gasteiger partial charge < -0.3 is 30.0 Å². The van der Waals surface area contributed by atoms with Crippen LogP contribution >= 0.6 is 0 Å². The van der Waals surface area contributed by atoms with Crippen LogP contribution in [0.4, 0.5) is 10.1 Å². The van der Waals surface area contributed by atoms with Gasteiger partial charge in [-0.15, -0.1) is 0 Å². The molecule has 1 amide bonds. The second-order valence-electron chi connectivity index (χ2n) is 11.9. The number of nitrogens with zero attached hydrogens (tertiary/aromatic N) is 2. The van der Waals surface area contributed by atoms with Crippen LogP contribution in [0.3, 0.4) is 0 Å². The van der Waals surface area contributed by atoms with Crippen LogP contribution in [-0.4, -0.2) is 63.0 Å². The normalized spacial score (nSPS) is 15.2. The minimum atomic E-state index is -0.419. The summed E-state index contributed by atoms with van der Waals surface area (Å²) in [5.41, 5.74) is 8.30. The summed E-state index contributed by atoms with van der Waals surface area (Å²) >= 11 is 0. The maximum atomic E-state index is 14.2. The Hall–Kier alpha value is -4.23. The third-order valence-electron chi connectivity index (χ3n) is 8.78. The Morgan fingerprint density at radius 2 is 1.89 bits per heavy atom. The van der Waals surface area contributed by atoms with Crippen molar-refractivity contribution >= 4 is 22.5 Å². The number of carbonyl (C=O) groups is 1. The van der Waals surface area contributed by atoms with Gasteiger partial charge in [0.05, 0.1) is 36.5 Å². The van der Waals surface area contributed by atoms with Crippen molar-refractivity contribution in [3.05, 3.63) is 88.2 Å². The predicted molar refractivity (Wildman–Crippen MR) is 174 cm³/mol. The molecule has 3 N–H and O–H groups in total. The average molecular weight is 610 g/mol. The van der Waals surface area contributed by atoms with Crippen LogP contribution in [0.5, 0.6) is 0 Å². The van der Waals surface area contributed by atoms with Gasteiger partial charge in [0.25, 0.3) is 5.91 Å². The third kappa shape index (κ3) is 7.20. The molecule has 9 heteroatoms. The van der Waals surface area contributed by atoms with E-state index >= 15 is 0 Å². The van der Waals surface area contributed by atoms with Gasteiger partial charge in [-0.05, 0) is 91.7 Å². The number of ether oxygens (including phenoxy) is 2. The fourth-order valence-electron chi connectivity index (χ4n) is 6.48. The van der Waals surface area contributed by atoms with E-state index in [1.54, 1.807) is 0 Å². The molecular formula is C36H40FN5O3. The largest absolute Gasteiger partial charge is 0.379 e. The fourth-order valence-corrected chi connectivity index (χ4v) is 6.48. The zero-order valence-corrected chi connectivity index (χ0v) is 25.8. The third-order valence-corrected chi connectivity index (χ3v) is 8.78. The monoisotopic (exact) mass is 609 g/mol. The standard InChI is InChI=1S/C36H40FN5O3/c1-24-19-26(22-38)5-8-33(24)42-14-10-29(11-15-42)45-18-17-44-16-2-12-39-23-25-3-6-27(7-4-25)35-30-9-13-40-36(43)31-20-28(37)21-32(41-35)34(30)31/h3-8,19-21,29,39,41H,2,9-18,23H2,1H3,(H,40,43). The highest BCUT2D eigenvalue weighted by Gasteiger charge is 2.24. The number of nitrogens with one attached hydrogen (secondary N) is 3. The molecule has 2 aliphatic heterocycles. The van der Waals surface area contributed by atoms with Crippen molar-refractivity contribution in [3.63, 3.8) is 0 Å². The lowest BCUT2D eigenvalue weighted by molar-refractivity contribution is -0.00500. The second-order valence-corrected chi connectivity index (χ2v) is 11.9. The Balaban J connectivity index is 0.870. The molecule has 1 fully saturated rings. The lowest BCUT2D eigenvalue weighted by Crippen LogP contribution is -2.37. The number of aromatic amines is 1. The number of anilines is 1. The van der Waals surface area contributed by atoms with Gasteiger partial charge in [-0.25, -0.2) is 4.39 Å². The first kappa shape index (κ1) is 30.8. The molecule has 0 aliphatic carbocycles. The summed E-state index contributed by atoms with van der Waals surface area (Å²) in [6, 6.07) is 19.3. The Labute approximate surface area is 263 Å². The maximum Gasteiger partial charge on any atom is 0.252 e. The summed E-state index contributed by atoms with van der Waals surface area (Å²) in [4.78, 5) is 18.2. The van der Waals surface area contributed by atoms with Crippen LogP contribution in [0.2, 0.25) is 0 Å². The van der Waals surface area contributed by atoms with Crippen LogP contribution in [0.1, 0.15) is 51.9 Å². The predicted octanol–water partition coefficient (Wildman–Crippen LogP) is 5.62. The highest BCUT2D eigenvalue weighted by molar-refractivity contribution is 6.10. The number of carbonyl (C=O) groups excluding carboxylic acids is 1. The first-order chi connectivity index (χ1) is 22.0. The van der Waals surface area contributed by atoms with Crippen LogP contribution in [0.15, 0.2) is 54.6 Å². The van der Waals surface area contributed by atoms with E-state index in [-0.39, 0.29) is 12.0 Å². The van der Waals surface area contributed by atoms with Crippen LogP contribution in [-0.2, 0) is 22.4 Å². The Bertz CT molecular complexity index is 1690. The Kier molecular flexibility index (Phi) is 9.75. The number of aryl methyl sites for hydroxylation is 1. The van der Waals surface area contributed by atoms with E-state index in [4.69, 9.17) is 14.7 Å². The molecular weight excluding hydrogens is 569 g/mol. The Morgan fingerprint density at radius 3 is 2.67 bits per heavy atom. The van der Waals surface area contributed by atoms with Gasteiger partial charge in [-0.1, -0.05) is 24.3 Å². The van der Waals surface area contributed by atoms with Crippen molar-refractivity contribution in [1.82, 2.24) is 15.6 Å². The molecule has 0 radical (unpaired) electrons. The van der Waals surface area contributed by atoms with E-state index in [0.717, 1.165) is 73.2 Å². The molecule has 1 aromatic heterocycles. The molecule has 4 aromatic rings. The summed E-state index contributed by atoms with van der Waals surface area (Å²) in [7, 11) is 0. The van der Waals surface area contributed by atoms with Crippen LogP contribution in [0, 0.1) is 24.1 Å². The SMILES string of the molecule is Cc1cc(C#N)ccc1N1CCC(OCCOCCCNCc2ccc(-c3[nH]c4cc(F)cc5c4c3CCNC5=O)cc2)CC1. The highest BCUT2D eigenvalue weighted by atomic mass is 19.1. The molecule has 234 valence electrons. The lowest BCUT2D eigenvalue weighted by atomic mass is 9.99. The van der Waals surface area contributed by atoms with Crippen LogP contribution < -0.4 is 15.5 Å². The number of hydrogen-bond acceptors (Lipinski definition) is 6. The number of aromatic nitrogens is 1. The molecule has 0 spiro atoms. The maximum absolute atomic E-state index is 14.2. The van der Waals surface area contributed by atoms with E-state index in [9.17, 15) is 9.18 Å². The minimum Gasteiger partial charge on any atom is -0.379 e. The number of hydrogen-bond donors (Lipinski definition) is 3. The first-order valence-corrected chi connectivity index (χ1v) is 15.9. The molecule has 0 atom stereocenters. The van der Waals surface area contributed by atoms with Gasteiger partial charge >= 0.3 is 0 Å². The molecule has 0 saturated carbocycles. The van der Waals surface area contributed by atoms with Gasteiger partial charge in [0.2, 0.25) is 0 Å². The molecule has 1 saturated heterocycles. The lowest BCUT2D eigenvalue weighted by Gasteiger charge is -2.34. The molecule has 3 aromatic carbocycles. The van der Waals surface area contributed by atoms with Gasteiger partial charge in [-0.2, -0.15) is 5.26 Å². The number of benzene rings is 3. The van der Waals surface area contributed by atoms with Crippen molar-refractivity contribution < 1.29 is 18.7 Å². The first-order valence-electron chi connectivity index (χ1n) is 15.9. The van der Waals surface area contributed by atoms with Crippen molar-refractivity contribution in [3.8, 4) is 17.3 Å². The summed E-state index contributed by atoms with van der Waals surface area (Å²) in [6.45, 7) is 8.03. The molecule has 45 heavy (non-hydrogen) atoms. The number of H-pyrrole nitrogens is 1. The molecule has 6 rings (SSSR count). The smallest absolute Gasteiger partial charge is 0.252 e. The van der Waals surface area contributed by atoms with Crippen LogP contribution in [0.25, 0.3) is 22.2 Å². The number of amides is 1. The van der Waals surface area contributed by atoms with Crippen molar-refractivity contribution in [2.75, 3.05) is 50.9 Å². The van der Waals surface area contributed by atoms with Crippen molar-refractivity contribution in [2.24, 2.45) is 0 Å². The number of rotatable bonds is 12. The van der Waals surface area contributed by atoms with E-state index in [1.165, 1.54) is 23.4 Å². The van der Waals surface area contributed by atoms with E-state index in [1.807, 2.05) is 12.1 Å². The minimum absolute atomic E-state index is 0.229. The number of piperidine rings is 1. The average Bonchev–Trinajstić information content (AvgIpc) is 3.33. The number of nitriles is 1. The molecule has 3 heterocycles. The van der Waals surface area contributed by atoms with Crippen molar-refractivity contribution in [2.45, 2.75) is 45.3 Å². The summed E-state index contributed by atoms with van der Waals surface area (Å²) in [5, 5.41) is 16.3. The van der Waals surface area contributed by atoms with Gasteiger partial charge in [0, 0.05) is 55.1 Å². The molecule has 0 unspecified atom stereocenters. The van der Waals surface area contributed by atoms with E-state index in [2.05, 4.69) is 63.8 Å². The van der Waals surface area contributed by atoms with E-state index < -0.39 is 5.82 Å².